The van der Waals surface area contributed by atoms with E-state index >= 15 is 0 Å². The second-order valence-electron chi connectivity index (χ2n) is 5.55. The van der Waals surface area contributed by atoms with Gasteiger partial charge in [-0.25, -0.2) is 4.63 Å². The number of amides is 1. The van der Waals surface area contributed by atoms with Gasteiger partial charge >= 0.3 is 0 Å². The maximum atomic E-state index is 11.8. The summed E-state index contributed by atoms with van der Waals surface area (Å²) < 4.78 is 15.3. The standard InChI is InChI=1S/C17H18ClN5O4.ClH/c1-25-14-4-2-10(8-12(14)18)13-5-3-11(26-13)9-20-6-7-21-17(24)15-16(19)23-27-22-15;/h2-5,8,20H,6-7,9H2,1H3,(H2,19,23)(H,21,24);1H/p-1. The van der Waals surface area contributed by atoms with Crippen molar-refractivity contribution in [2.45, 2.75) is 6.54 Å². The number of nitrogens with two attached hydrogens (primary N) is 1. The predicted molar refractivity (Wildman–Crippen MR) is 98.5 cm³/mol. The number of hydrogen-bond acceptors (Lipinski definition) is 8. The molecule has 0 saturated heterocycles. The molecule has 0 radical (unpaired) electrons. The van der Waals surface area contributed by atoms with Crippen molar-refractivity contribution in [2.75, 3.05) is 25.9 Å². The summed E-state index contributed by atoms with van der Waals surface area (Å²) in [6.45, 7) is 1.42. The van der Waals surface area contributed by atoms with Gasteiger partial charge in [0.1, 0.15) is 17.3 Å². The number of nitrogens with one attached hydrogen (secondary N) is 2. The highest BCUT2D eigenvalue weighted by Gasteiger charge is 2.15. The molecular weight excluding hydrogens is 409 g/mol. The van der Waals surface area contributed by atoms with Gasteiger partial charge in [0, 0.05) is 18.7 Å². The van der Waals surface area contributed by atoms with E-state index in [4.69, 9.17) is 26.5 Å². The zero-order valence-corrected chi connectivity index (χ0v) is 16.4. The number of nitrogens with zero attached hydrogens (tertiary/aromatic N) is 2. The third-order valence-corrected chi connectivity index (χ3v) is 4.01. The van der Waals surface area contributed by atoms with Gasteiger partial charge in [0.05, 0.1) is 18.7 Å². The second-order valence-corrected chi connectivity index (χ2v) is 5.95. The van der Waals surface area contributed by atoms with Crippen LogP contribution in [-0.2, 0) is 6.54 Å². The molecule has 0 fully saturated rings. The van der Waals surface area contributed by atoms with Crippen molar-refractivity contribution in [2.24, 2.45) is 0 Å². The highest BCUT2D eigenvalue weighted by molar-refractivity contribution is 6.32. The molecule has 0 saturated carbocycles. The summed E-state index contributed by atoms with van der Waals surface area (Å²) in [7, 11) is 1.57. The number of furan rings is 1. The van der Waals surface area contributed by atoms with Crippen LogP contribution in [-0.4, -0.2) is 36.4 Å². The van der Waals surface area contributed by atoms with Crippen LogP contribution in [0.2, 0.25) is 5.02 Å². The Morgan fingerprint density at radius 1 is 1.25 bits per heavy atom. The Balaban J connectivity index is 0.00000280. The van der Waals surface area contributed by atoms with Gasteiger partial charge in [0.15, 0.2) is 0 Å². The lowest BCUT2D eigenvalue weighted by Gasteiger charge is -2.05. The number of ether oxygens (including phenoxy) is 1. The van der Waals surface area contributed by atoms with Crippen LogP contribution in [0.1, 0.15) is 16.2 Å². The fourth-order valence-electron chi connectivity index (χ4n) is 2.36. The van der Waals surface area contributed by atoms with Gasteiger partial charge in [-0.1, -0.05) is 11.6 Å². The fraction of sp³-hybridized carbons (Fsp3) is 0.235. The molecule has 0 unspecified atom stereocenters. The Morgan fingerprint density at radius 3 is 2.75 bits per heavy atom. The van der Waals surface area contributed by atoms with E-state index in [0.717, 1.165) is 11.3 Å². The van der Waals surface area contributed by atoms with E-state index in [-0.39, 0.29) is 23.9 Å². The molecule has 1 amide bonds. The van der Waals surface area contributed by atoms with Gasteiger partial charge in [-0.15, -0.1) is 0 Å². The van der Waals surface area contributed by atoms with Crippen LogP contribution < -0.4 is 33.5 Å². The molecule has 0 aliphatic carbocycles. The number of rotatable bonds is 8. The van der Waals surface area contributed by atoms with Crippen molar-refractivity contribution in [3.63, 3.8) is 0 Å². The van der Waals surface area contributed by atoms with Gasteiger partial charge in [-0.2, -0.15) is 0 Å². The molecule has 0 bridgehead atoms. The van der Waals surface area contributed by atoms with Crippen molar-refractivity contribution in [1.29, 1.82) is 0 Å². The quantitative estimate of drug-likeness (QED) is 0.395. The molecule has 2 heterocycles. The number of aromatic nitrogens is 2. The summed E-state index contributed by atoms with van der Waals surface area (Å²) in [5.74, 6) is 1.60. The number of carbonyl (C=O) groups is 1. The number of anilines is 1. The van der Waals surface area contributed by atoms with Crippen LogP contribution in [0.25, 0.3) is 11.3 Å². The molecule has 3 aromatic rings. The molecule has 28 heavy (non-hydrogen) atoms. The summed E-state index contributed by atoms with van der Waals surface area (Å²) in [6, 6.07) is 9.20. The first-order valence-corrected chi connectivity index (χ1v) is 8.46. The molecule has 0 spiro atoms. The molecule has 11 heteroatoms. The van der Waals surface area contributed by atoms with E-state index in [2.05, 4.69) is 25.6 Å². The summed E-state index contributed by atoms with van der Waals surface area (Å²) in [5.41, 5.74) is 6.29. The normalized spacial score (nSPS) is 10.4. The monoisotopic (exact) mass is 426 g/mol. The lowest BCUT2D eigenvalue weighted by atomic mass is 10.2. The Labute approximate surface area is 171 Å². The number of benzene rings is 1. The maximum absolute atomic E-state index is 11.8. The van der Waals surface area contributed by atoms with Crippen LogP contribution in [0.5, 0.6) is 5.75 Å². The van der Waals surface area contributed by atoms with Gasteiger partial charge in [0.2, 0.25) is 11.5 Å². The van der Waals surface area contributed by atoms with Crippen LogP contribution >= 0.6 is 11.6 Å². The number of halogens is 2. The third-order valence-electron chi connectivity index (χ3n) is 3.71. The van der Waals surface area contributed by atoms with Crippen LogP contribution in [0.4, 0.5) is 5.82 Å². The SMILES string of the molecule is COc1ccc(-c2ccc(CNCCNC(=O)c3nonc3N)o2)cc1Cl.[Cl-]. The minimum atomic E-state index is -0.438. The molecule has 150 valence electrons. The summed E-state index contributed by atoms with van der Waals surface area (Å²) >= 11 is 6.14. The average Bonchev–Trinajstić information content (AvgIpc) is 3.30. The molecule has 0 atom stereocenters. The number of carbonyl (C=O) groups excluding carboxylic acids is 1. The minimum absolute atomic E-state index is 0. The van der Waals surface area contributed by atoms with Gasteiger partial charge < -0.3 is 37.9 Å². The molecule has 2 aromatic heterocycles. The first-order chi connectivity index (χ1) is 13.1. The Kier molecular flexibility index (Phi) is 7.68. The molecule has 0 aliphatic heterocycles. The summed E-state index contributed by atoms with van der Waals surface area (Å²) in [4.78, 5) is 11.8. The van der Waals surface area contributed by atoms with E-state index in [9.17, 15) is 4.79 Å². The topological polar surface area (TPSA) is 128 Å². The Bertz CT molecular complexity index is 928. The van der Waals surface area contributed by atoms with Crippen molar-refractivity contribution in [3.05, 3.63) is 46.8 Å². The van der Waals surface area contributed by atoms with Crippen molar-refractivity contribution >= 4 is 23.3 Å². The molecule has 3 rings (SSSR count). The smallest absolute Gasteiger partial charge is 0.277 e. The molecular formula is C17H18Cl2N5O4-. The Morgan fingerprint density at radius 2 is 2.07 bits per heavy atom. The minimum Gasteiger partial charge on any atom is -1.00 e. The van der Waals surface area contributed by atoms with Crippen molar-refractivity contribution in [3.8, 4) is 17.1 Å². The fourth-order valence-corrected chi connectivity index (χ4v) is 2.62. The summed E-state index contributed by atoms with van der Waals surface area (Å²) in [6.07, 6.45) is 0. The maximum Gasteiger partial charge on any atom is 0.277 e. The summed E-state index contributed by atoms with van der Waals surface area (Å²) in [5, 5.41) is 13.1. The first-order valence-electron chi connectivity index (χ1n) is 8.08. The largest absolute Gasteiger partial charge is 1.00 e. The number of hydrogen-bond donors (Lipinski definition) is 3. The molecule has 9 nitrogen and oxygen atoms in total. The Hall–Kier alpha value is -2.75. The highest BCUT2D eigenvalue weighted by atomic mass is 35.5. The molecule has 0 aliphatic rings. The van der Waals surface area contributed by atoms with E-state index < -0.39 is 5.91 Å². The predicted octanol–water partition coefficient (Wildman–Crippen LogP) is -0.903. The first kappa shape index (κ1) is 21.5. The zero-order valence-electron chi connectivity index (χ0n) is 14.9. The lowest BCUT2D eigenvalue weighted by Crippen LogP contribution is -3.00. The highest BCUT2D eigenvalue weighted by Crippen LogP contribution is 2.31. The number of methoxy groups -OCH3 is 1. The zero-order chi connectivity index (χ0) is 19.2. The van der Waals surface area contributed by atoms with Crippen molar-refractivity contribution < 1.29 is 31.0 Å². The van der Waals surface area contributed by atoms with E-state index in [1.54, 1.807) is 19.2 Å². The second kappa shape index (κ2) is 9.98. The van der Waals surface area contributed by atoms with Crippen LogP contribution in [0.3, 0.4) is 0 Å². The molecule has 1 aromatic carbocycles. The van der Waals surface area contributed by atoms with E-state index in [1.807, 2.05) is 18.2 Å². The van der Waals surface area contributed by atoms with E-state index in [0.29, 0.717) is 36.2 Å². The van der Waals surface area contributed by atoms with Crippen LogP contribution in [0, 0.1) is 0 Å². The third kappa shape index (κ3) is 5.16. The van der Waals surface area contributed by atoms with Gasteiger partial charge in [0.25, 0.3) is 5.91 Å². The van der Waals surface area contributed by atoms with Gasteiger partial charge in [-0.3, -0.25) is 4.79 Å². The van der Waals surface area contributed by atoms with Crippen molar-refractivity contribution in [1.82, 2.24) is 20.9 Å². The van der Waals surface area contributed by atoms with Gasteiger partial charge in [-0.05, 0) is 40.6 Å². The lowest BCUT2D eigenvalue weighted by molar-refractivity contribution is -0.0000152. The number of nitrogen functional groups attached to an aromatic ring is 1. The average molecular weight is 427 g/mol. The van der Waals surface area contributed by atoms with Crippen LogP contribution in [0.15, 0.2) is 39.4 Å². The van der Waals surface area contributed by atoms with E-state index in [1.165, 1.54) is 0 Å². The molecule has 4 N–H and O–H groups in total.